The maximum absolute atomic E-state index is 11.0. The first-order valence-corrected chi connectivity index (χ1v) is 6.02. The summed E-state index contributed by atoms with van der Waals surface area (Å²) in [5, 5.41) is 2.15. The van der Waals surface area contributed by atoms with E-state index in [0.717, 1.165) is 32.9 Å². The Hall–Kier alpha value is -1.68. The van der Waals surface area contributed by atoms with Gasteiger partial charge in [-0.2, -0.15) is 0 Å². The third-order valence-corrected chi connectivity index (χ3v) is 3.40. The highest BCUT2D eigenvalue weighted by atomic mass is 79.9. The van der Waals surface area contributed by atoms with Crippen molar-refractivity contribution < 1.29 is 4.79 Å². The number of imidazole rings is 1. The lowest BCUT2D eigenvalue weighted by atomic mass is 10.2. The summed E-state index contributed by atoms with van der Waals surface area (Å²) in [5.41, 5.74) is 2.19. The van der Waals surface area contributed by atoms with Crippen LogP contribution in [0.2, 0.25) is 0 Å². The number of carbonyl (C=O) groups excluding carboxylic acids is 1. The molecule has 0 fully saturated rings. The van der Waals surface area contributed by atoms with E-state index in [1.54, 1.807) is 0 Å². The van der Waals surface area contributed by atoms with Crippen LogP contribution >= 0.6 is 15.9 Å². The monoisotopic (exact) mass is 288 g/mol. The Kier molecular flexibility index (Phi) is 2.26. The Morgan fingerprint density at radius 1 is 1.35 bits per heavy atom. The molecule has 0 atom stereocenters. The first kappa shape index (κ1) is 10.5. The Balaban J connectivity index is 2.55. The Bertz CT molecular complexity index is 746. The van der Waals surface area contributed by atoms with Gasteiger partial charge in [0.2, 0.25) is 0 Å². The Morgan fingerprint density at radius 2 is 2.18 bits per heavy atom. The van der Waals surface area contributed by atoms with Crippen molar-refractivity contribution in [1.29, 1.82) is 0 Å². The Morgan fingerprint density at radius 3 is 2.94 bits per heavy atom. The number of aromatic nitrogens is 2. The molecule has 0 bridgehead atoms. The van der Waals surface area contributed by atoms with Crippen LogP contribution in [0, 0.1) is 6.92 Å². The molecule has 0 amide bonds. The quantitative estimate of drug-likeness (QED) is 0.644. The number of aldehydes is 1. The van der Waals surface area contributed by atoms with Crippen LogP contribution in [0.15, 0.2) is 34.9 Å². The second-order valence-corrected chi connectivity index (χ2v) is 4.86. The molecule has 1 aromatic carbocycles. The molecule has 0 radical (unpaired) electrons. The second kappa shape index (κ2) is 3.67. The van der Waals surface area contributed by atoms with E-state index < -0.39 is 0 Å². The fraction of sp³-hybridized carbons (Fsp3) is 0.0769. The van der Waals surface area contributed by atoms with Gasteiger partial charge in [0.25, 0.3) is 0 Å². The van der Waals surface area contributed by atoms with Crippen molar-refractivity contribution in [2.24, 2.45) is 0 Å². The second-order valence-electron chi connectivity index (χ2n) is 3.94. The van der Waals surface area contributed by atoms with Crippen molar-refractivity contribution in [2.75, 3.05) is 0 Å². The summed E-state index contributed by atoms with van der Waals surface area (Å²) in [6.07, 6.45) is 2.73. The highest BCUT2D eigenvalue weighted by molar-refractivity contribution is 9.10. The van der Waals surface area contributed by atoms with Crippen LogP contribution in [0.5, 0.6) is 0 Å². The summed E-state index contributed by atoms with van der Waals surface area (Å²) in [5.74, 6) is 0. The van der Waals surface area contributed by atoms with Crippen LogP contribution in [0.4, 0.5) is 0 Å². The van der Waals surface area contributed by atoms with Gasteiger partial charge in [0.15, 0.2) is 6.29 Å². The Labute approximate surface area is 106 Å². The normalized spacial score (nSPS) is 11.2. The number of halogens is 1. The van der Waals surface area contributed by atoms with E-state index in [1.165, 1.54) is 0 Å². The van der Waals surface area contributed by atoms with Crippen LogP contribution in [-0.4, -0.2) is 15.7 Å². The van der Waals surface area contributed by atoms with Crippen molar-refractivity contribution >= 4 is 38.6 Å². The van der Waals surface area contributed by atoms with Gasteiger partial charge >= 0.3 is 0 Å². The van der Waals surface area contributed by atoms with Crippen molar-refractivity contribution in [1.82, 2.24) is 9.38 Å². The molecule has 0 aliphatic carbocycles. The average Bonchev–Trinajstić information content (AvgIpc) is 2.65. The zero-order chi connectivity index (χ0) is 12.0. The molecule has 84 valence electrons. The number of benzene rings is 1. The fourth-order valence-electron chi connectivity index (χ4n) is 2.06. The van der Waals surface area contributed by atoms with E-state index in [0.29, 0.717) is 5.69 Å². The molecule has 2 heterocycles. The lowest BCUT2D eigenvalue weighted by Gasteiger charge is -2.01. The van der Waals surface area contributed by atoms with Gasteiger partial charge in [-0.15, -0.1) is 0 Å². The molecule has 0 spiro atoms. The van der Waals surface area contributed by atoms with Crippen molar-refractivity contribution in [3.63, 3.8) is 0 Å². The molecular formula is C13H9BrN2O. The molecule has 0 saturated heterocycles. The average molecular weight is 289 g/mol. The third-order valence-electron chi connectivity index (χ3n) is 2.90. The smallest absolute Gasteiger partial charge is 0.168 e. The van der Waals surface area contributed by atoms with Crippen LogP contribution in [0.25, 0.3) is 16.4 Å². The molecule has 0 N–H and O–H groups in total. The number of pyridine rings is 1. The van der Waals surface area contributed by atoms with E-state index in [4.69, 9.17) is 0 Å². The predicted octanol–water partition coefficient (Wildman–Crippen LogP) is 3.37. The summed E-state index contributed by atoms with van der Waals surface area (Å²) in [6.45, 7) is 1.85. The van der Waals surface area contributed by atoms with E-state index in [2.05, 4.69) is 20.9 Å². The summed E-state index contributed by atoms with van der Waals surface area (Å²) in [7, 11) is 0. The first-order valence-electron chi connectivity index (χ1n) is 5.23. The summed E-state index contributed by atoms with van der Waals surface area (Å²) >= 11 is 3.45. The van der Waals surface area contributed by atoms with Gasteiger partial charge < -0.3 is 0 Å². The zero-order valence-corrected chi connectivity index (χ0v) is 10.7. The van der Waals surface area contributed by atoms with Crippen molar-refractivity contribution in [3.05, 3.63) is 46.3 Å². The molecule has 3 nitrogen and oxygen atoms in total. The standard InChI is InChI=1S/C13H9BrN2O/c1-8-12(7-17)16-5-4-9-2-3-10(14)6-11(9)13(16)15-8/h2-7H,1H3. The minimum Gasteiger partial charge on any atom is -0.297 e. The molecule has 17 heavy (non-hydrogen) atoms. The topological polar surface area (TPSA) is 34.4 Å². The molecule has 0 unspecified atom stereocenters. The zero-order valence-electron chi connectivity index (χ0n) is 9.14. The number of aryl methyl sites for hydroxylation is 1. The molecule has 0 aliphatic rings. The number of fused-ring (bicyclic) bond motifs is 3. The molecule has 4 heteroatoms. The van der Waals surface area contributed by atoms with Gasteiger partial charge in [-0.1, -0.05) is 22.0 Å². The summed E-state index contributed by atoms with van der Waals surface area (Å²) in [6, 6.07) is 8.04. The first-order chi connectivity index (χ1) is 8.20. The van der Waals surface area contributed by atoms with E-state index in [-0.39, 0.29) is 0 Å². The molecule has 0 aliphatic heterocycles. The molecule has 3 aromatic rings. The summed E-state index contributed by atoms with van der Waals surface area (Å²) < 4.78 is 2.84. The molecular weight excluding hydrogens is 280 g/mol. The van der Waals surface area contributed by atoms with E-state index in [1.807, 2.05) is 41.8 Å². The molecule has 3 rings (SSSR count). The van der Waals surface area contributed by atoms with Gasteiger partial charge in [0, 0.05) is 16.1 Å². The number of hydrogen-bond donors (Lipinski definition) is 0. The minimum absolute atomic E-state index is 0.613. The maximum Gasteiger partial charge on any atom is 0.168 e. The molecule has 2 aromatic heterocycles. The van der Waals surface area contributed by atoms with Crippen LogP contribution in [0.3, 0.4) is 0 Å². The highest BCUT2D eigenvalue weighted by Gasteiger charge is 2.10. The predicted molar refractivity (Wildman–Crippen MR) is 70.5 cm³/mol. The maximum atomic E-state index is 11.0. The minimum atomic E-state index is 0.613. The van der Waals surface area contributed by atoms with E-state index >= 15 is 0 Å². The lowest BCUT2D eigenvalue weighted by Crippen LogP contribution is -1.92. The van der Waals surface area contributed by atoms with Gasteiger partial charge in [0.1, 0.15) is 11.3 Å². The van der Waals surface area contributed by atoms with E-state index in [9.17, 15) is 4.79 Å². The van der Waals surface area contributed by atoms with Gasteiger partial charge in [-0.25, -0.2) is 4.98 Å². The highest BCUT2D eigenvalue weighted by Crippen LogP contribution is 2.24. The van der Waals surface area contributed by atoms with Crippen LogP contribution in [0.1, 0.15) is 16.2 Å². The number of hydrogen-bond acceptors (Lipinski definition) is 2. The number of rotatable bonds is 1. The van der Waals surface area contributed by atoms with Crippen LogP contribution in [-0.2, 0) is 0 Å². The van der Waals surface area contributed by atoms with Crippen molar-refractivity contribution in [3.8, 4) is 0 Å². The number of carbonyl (C=O) groups is 1. The molecule has 0 saturated carbocycles. The largest absolute Gasteiger partial charge is 0.297 e. The third kappa shape index (κ3) is 1.48. The summed E-state index contributed by atoms with van der Waals surface area (Å²) in [4.78, 5) is 15.5. The van der Waals surface area contributed by atoms with Crippen LogP contribution < -0.4 is 0 Å². The van der Waals surface area contributed by atoms with Gasteiger partial charge in [0.05, 0.1) is 5.69 Å². The fourth-order valence-corrected chi connectivity index (χ4v) is 2.42. The lowest BCUT2D eigenvalue weighted by molar-refractivity contribution is 0.111. The van der Waals surface area contributed by atoms with Gasteiger partial charge in [-0.3, -0.25) is 9.20 Å². The number of nitrogens with zero attached hydrogens (tertiary/aromatic N) is 2. The van der Waals surface area contributed by atoms with Crippen molar-refractivity contribution in [2.45, 2.75) is 6.92 Å². The van der Waals surface area contributed by atoms with Gasteiger partial charge in [-0.05, 0) is 30.5 Å². The SMILES string of the molecule is Cc1nc2c3cc(Br)ccc3ccn2c1C=O.